The van der Waals surface area contributed by atoms with Gasteiger partial charge in [-0.25, -0.2) is 0 Å². The molecule has 1 aliphatic carbocycles. The summed E-state index contributed by atoms with van der Waals surface area (Å²) in [6.45, 7) is 7.57. The molecule has 1 saturated carbocycles. The largest absolute Gasteiger partial charge is 0.331 e. The van der Waals surface area contributed by atoms with Gasteiger partial charge in [-0.15, -0.1) is 0 Å². The van der Waals surface area contributed by atoms with Crippen molar-refractivity contribution < 1.29 is 4.79 Å². The van der Waals surface area contributed by atoms with Crippen LogP contribution >= 0.6 is 0 Å². The fraction of sp³-hybridized carbons (Fsp3) is 0.500. The number of carbonyl (C=O) groups is 1. The van der Waals surface area contributed by atoms with E-state index in [-0.39, 0.29) is 5.91 Å². The van der Waals surface area contributed by atoms with Crippen molar-refractivity contribution in [1.82, 2.24) is 14.7 Å². The number of amides is 1. The minimum absolute atomic E-state index is 0.127. The van der Waals surface area contributed by atoms with Crippen molar-refractivity contribution in [2.75, 3.05) is 0 Å². The third kappa shape index (κ3) is 3.37. The van der Waals surface area contributed by atoms with E-state index in [1.165, 1.54) is 24.0 Å². The van der Waals surface area contributed by atoms with E-state index >= 15 is 0 Å². The standard InChI is InChI=1S/C20H27N3O/c1-4-22-14-19(16(3)21-22)20(24)23(18-11-7-8-12-18)13-17-10-6-5-9-15(17)2/h5-6,9-10,14,18H,4,7-8,11-13H2,1-3H3. The first-order valence-electron chi connectivity index (χ1n) is 8.99. The molecular formula is C20H27N3O. The van der Waals surface area contributed by atoms with Crippen LogP contribution in [0.1, 0.15) is 59.8 Å². The molecule has 1 heterocycles. The van der Waals surface area contributed by atoms with Crippen LogP contribution in [0.5, 0.6) is 0 Å². The van der Waals surface area contributed by atoms with Gasteiger partial charge >= 0.3 is 0 Å². The van der Waals surface area contributed by atoms with Crippen LogP contribution in [0.3, 0.4) is 0 Å². The van der Waals surface area contributed by atoms with Crippen molar-refractivity contribution in [3.63, 3.8) is 0 Å². The van der Waals surface area contributed by atoms with E-state index in [0.717, 1.165) is 30.6 Å². The van der Waals surface area contributed by atoms with Gasteiger partial charge in [0.05, 0.1) is 11.3 Å². The minimum Gasteiger partial charge on any atom is -0.331 e. The van der Waals surface area contributed by atoms with Crippen LogP contribution in [0.25, 0.3) is 0 Å². The van der Waals surface area contributed by atoms with E-state index < -0.39 is 0 Å². The van der Waals surface area contributed by atoms with E-state index in [9.17, 15) is 4.79 Å². The molecule has 0 atom stereocenters. The summed E-state index contributed by atoms with van der Waals surface area (Å²) in [6.07, 6.45) is 6.56. The fourth-order valence-corrected chi connectivity index (χ4v) is 3.60. The van der Waals surface area contributed by atoms with E-state index in [1.54, 1.807) is 0 Å². The number of hydrogen-bond acceptors (Lipinski definition) is 2. The summed E-state index contributed by atoms with van der Waals surface area (Å²) in [6, 6.07) is 8.71. The predicted molar refractivity (Wildman–Crippen MR) is 95.9 cm³/mol. The molecule has 3 rings (SSSR count). The molecule has 0 bridgehead atoms. The first-order chi connectivity index (χ1) is 11.6. The molecule has 1 aromatic heterocycles. The van der Waals surface area contributed by atoms with E-state index in [4.69, 9.17) is 0 Å². The van der Waals surface area contributed by atoms with E-state index in [0.29, 0.717) is 12.6 Å². The molecule has 4 nitrogen and oxygen atoms in total. The molecule has 0 saturated heterocycles. The molecule has 0 unspecified atom stereocenters. The summed E-state index contributed by atoms with van der Waals surface area (Å²) in [5, 5.41) is 4.45. The molecule has 2 aromatic rings. The molecule has 0 N–H and O–H groups in total. The monoisotopic (exact) mass is 325 g/mol. The van der Waals surface area contributed by atoms with E-state index in [1.807, 2.05) is 24.7 Å². The van der Waals surface area contributed by atoms with Gasteiger partial charge in [-0.05, 0) is 44.7 Å². The van der Waals surface area contributed by atoms with Crippen LogP contribution in [-0.2, 0) is 13.1 Å². The highest BCUT2D eigenvalue weighted by molar-refractivity contribution is 5.95. The normalized spacial score (nSPS) is 15.0. The summed E-state index contributed by atoms with van der Waals surface area (Å²) in [5.41, 5.74) is 4.06. The lowest BCUT2D eigenvalue weighted by molar-refractivity contribution is 0.0663. The average molecular weight is 325 g/mol. The summed E-state index contributed by atoms with van der Waals surface area (Å²) in [7, 11) is 0. The Balaban J connectivity index is 1.90. The van der Waals surface area contributed by atoms with Crippen LogP contribution in [0.2, 0.25) is 0 Å². The molecule has 1 aromatic carbocycles. The highest BCUT2D eigenvalue weighted by atomic mass is 16.2. The maximum atomic E-state index is 13.3. The minimum atomic E-state index is 0.127. The first kappa shape index (κ1) is 16.7. The molecule has 1 fully saturated rings. The third-order valence-corrected chi connectivity index (χ3v) is 5.13. The van der Waals surface area contributed by atoms with Gasteiger partial charge in [0, 0.05) is 25.3 Å². The smallest absolute Gasteiger partial charge is 0.257 e. The molecule has 0 radical (unpaired) electrons. The summed E-state index contributed by atoms with van der Waals surface area (Å²) < 4.78 is 1.85. The summed E-state index contributed by atoms with van der Waals surface area (Å²) >= 11 is 0. The van der Waals surface area contributed by atoms with Crippen molar-refractivity contribution in [3.05, 3.63) is 52.8 Å². The van der Waals surface area contributed by atoms with Crippen molar-refractivity contribution in [2.24, 2.45) is 0 Å². The number of nitrogens with zero attached hydrogens (tertiary/aromatic N) is 3. The zero-order valence-corrected chi connectivity index (χ0v) is 15.0. The summed E-state index contributed by atoms with van der Waals surface area (Å²) in [4.78, 5) is 15.4. The van der Waals surface area contributed by atoms with Gasteiger partial charge in [-0.3, -0.25) is 9.48 Å². The number of aryl methyl sites for hydroxylation is 3. The van der Waals surface area contributed by atoms with Gasteiger partial charge < -0.3 is 4.90 Å². The molecule has 4 heteroatoms. The molecular weight excluding hydrogens is 298 g/mol. The highest BCUT2D eigenvalue weighted by Crippen LogP contribution is 2.27. The van der Waals surface area contributed by atoms with Gasteiger partial charge in [-0.2, -0.15) is 5.10 Å². The lowest BCUT2D eigenvalue weighted by Crippen LogP contribution is -2.38. The maximum Gasteiger partial charge on any atom is 0.257 e. The number of hydrogen-bond donors (Lipinski definition) is 0. The van der Waals surface area contributed by atoms with Crippen molar-refractivity contribution in [1.29, 1.82) is 0 Å². The van der Waals surface area contributed by atoms with Crippen molar-refractivity contribution in [2.45, 2.75) is 65.6 Å². The van der Waals surface area contributed by atoms with Crippen LogP contribution in [0.4, 0.5) is 0 Å². The number of benzene rings is 1. The van der Waals surface area contributed by atoms with Crippen molar-refractivity contribution >= 4 is 5.91 Å². The second-order valence-corrected chi connectivity index (χ2v) is 6.78. The quantitative estimate of drug-likeness (QED) is 0.830. The average Bonchev–Trinajstić information content (AvgIpc) is 3.23. The highest BCUT2D eigenvalue weighted by Gasteiger charge is 2.29. The van der Waals surface area contributed by atoms with Crippen LogP contribution in [0, 0.1) is 13.8 Å². The lowest BCUT2D eigenvalue weighted by atomic mass is 10.1. The third-order valence-electron chi connectivity index (χ3n) is 5.13. The zero-order chi connectivity index (χ0) is 17.1. The molecule has 1 amide bonds. The number of carbonyl (C=O) groups excluding carboxylic acids is 1. The molecule has 0 aliphatic heterocycles. The second kappa shape index (κ2) is 7.20. The van der Waals surface area contributed by atoms with Gasteiger partial charge in [0.15, 0.2) is 0 Å². The number of aromatic nitrogens is 2. The lowest BCUT2D eigenvalue weighted by Gasteiger charge is -2.29. The Morgan fingerprint density at radius 2 is 1.96 bits per heavy atom. The maximum absolute atomic E-state index is 13.3. The topological polar surface area (TPSA) is 38.1 Å². The predicted octanol–water partition coefficient (Wildman–Crippen LogP) is 4.10. The Bertz CT molecular complexity index is 713. The molecule has 128 valence electrons. The van der Waals surface area contributed by atoms with Crippen LogP contribution in [-0.4, -0.2) is 26.6 Å². The van der Waals surface area contributed by atoms with Crippen molar-refractivity contribution in [3.8, 4) is 0 Å². The Labute approximate surface area is 144 Å². The van der Waals surface area contributed by atoms with Gasteiger partial charge in [-0.1, -0.05) is 37.1 Å². The fourth-order valence-electron chi connectivity index (χ4n) is 3.60. The second-order valence-electron chi connectivity index (χ2n) is 6.78. The number of rotatable bonds is 5. The SMILES string of the molecule is CCn1cc(C(=O)N(Cc2ccccc2C)C2CCCC2)c(C)n1. The Hall–Kier alpha value is -2.10. The summed E-state index contributed by atoms with van der Waals surface area (Å²) in [5.74, 6) is 0.127. The van der Waals surface area contributed by atoms with E-state index in [2.05, 4.69) is 41.2 Å². The van der Waals surface area contributed by atoms with Crippen LogP contribution < -0.4 is 0 Å². The van der Waals surface area contributed by atoms with Gasteiger partial charge in [0.2, 0.25) is 0 Å². The molecule has 24 heavy (non-hydrogen) atoms. The molecule has 1 aliphatic rings. The zero-order valence-electron chi connectivity index (χ0n) is 15.0. The van der Waals surface area contributed by atoms with Gasteiger partial charge in [0.1, 0.15) is 0 Å². The Kier molecular flexibility index (Phi) is 5.03. The van der Waals surface area contributed by atoms with Crippen LogP contribution in [0.15, 0.2) is 30.5 Å². The Morgan fingerprint density at radius 1 is 1.25 bits per heavy atom. The Morgan fingerprint density at radius 3 is 2.58 bits per heavy atom. The molecule has 0 spiro atoms. The van der Waals surface area contributed by atoms with Gasteiger partial charge in [0.25, 0.3) is 5.91 Å². The first-order valence-corrected chi connectivity index (χ1v) is 8.99.